The fourth-order valence-corrected chi connectivity index (χ4v) is 3.48. The lowest BCUT2D eigenvalue weighted by Crippen LogP contribution is -2.16. The van der Waals surface area contributed by atoms with Gasteiger partial charge in [-0.1, -0.05) is 0 Å². The zero-order chi connectivity index (χ0) is 11.5. The van der Waals surface area contributed by atoms with Gasteiger partial charge in [0.2, 0.25) is 0 Å². The van der Waals surface area contributed by atoms with Crippen molar-refractivity contribution in [1.29, 1.82) is 0 Å². The van der Waals surface area contributed by atoms with Crippen molar-refractivity contribution in [2.45, 2.75) is 19.5 Å². The van der Waals surface area contributed by atoms with E-state index in [0.717, 1.165) is 14.8 Å². The highest BCUT2D eigenvalue weighted by atomic mass is 79.9. The summed E-state index contributed by atoms with van der Waals surface area (Å²) in [5.74, 6) is 0. The van der Waals surface area contributed by atoms with E-state index in [2.05, 4.69) is 60.4 Å². The minimum absolute atomic E-state index is 0.304. The van der Waals surface area contributed by atoms with Crippen molar-refractivity contribution in [2.24, 2.45) is 0 Å². The Kier molecular flexibility index (Phi) is 4.18. The Morgan fingerprint density at radius 1 is 1.56 bits per heavy atom. The van der Waals surface area contributed by atoms with Gasteiger partial charge < -0.3 is 5.32 Å². The molecule has 0 fully saturated rings. The van der Waals surface area contributed by atoms with E-state index in [9.17, 15) is 0 Å². The Labute approximate surface area is 115 Å². The fourth-order valence-electron chi connectivity index (χ4n) is 1.35. The van der Waals surface area contributed by atoms with Crippen LogP contribution in [0.3, 0.4) is 0 Å². The van der Waals surface area contributed by atoms with E-state index >= 15 is 0 Å². The van der Waals surface area contributed by atoms with E-state index in [4.69, 9.17) is 0 Å². The van der Waals surface area contributed by atoms with Crippen LogP contribution < -0.4 is 5.32 Å². The number of halogens is 2. The van der Waals surface area contributed by atoms with Crippen LogP contribution in [0.25, 0.3) is 0 Å². The van der Waals surface area contributed by atoms with Gasteiger partial charge >= 0.3 is 0 Å². The summed E-state index contributed by atoms with van der Waals surface area (Å²) in [5, 5.41) is 10.2. The van der Waals surface area contributed by atoms with Gasteiger partial charge in [-0.25, -0.2) is 0 Å². The van der Waals surface area contributed by atoms with Gasteiger partial charge in [-0.05, 0) is 44.8 Å². The molecule has 1 unspecified atom stereocenters. The highest BCUT2D eigenvalue weighted by molar-refractivity contribution is 9.13. The molecule has 0 amide bonds. The Morgan fingerprint density at radius 3 is 2.94 bits per heavy atom. The third-order valence-corrected chi connectivity index (χ3v) is 5.55. The van der Waals surface area contributed by atoms with Crippen molar-refractivity contribution in [3.05, 3.63) is 37.2 Å². The molecule has 0 aliphatic heterocycles. The van der Waals surface area contributed by atoms with Crippen LogP contribution in [0.5, 0.6) is 0 Å². The third kappa shape index (κ3) is 2.94. The first-order valence-corrected chi connectivity index (χ1v) is 7.23. The van der Waals surface area contributed by atoms with E-state index in [1.807, 2.05) is 12.4 Å². The molecule has 2 aromatic heterocycles. The van der Waals surface area contributed by atoms with Gasteiger partial charge in [-0.3, -0.25) is 5.10 Å². The van der Waals surface area contributed by atoms with E-state index in [-0.39, 0.29) is 0 Å². The molecular formula is C10H11Br2N3S. The van der Waals surface area contributed by atoms with Gasteiger partial charge in [0.25, 0.3) is 0 Å². The molecule has 0 aromatic carbocycles. The van der Waals surface area contributed by atoms with Crippen molar-refractivity contribution in [3.8, 4) is 0 Å². The highest BCUT2D eigenvalue weighted by Crippen LogP contribution is 2.32. The molecule has 0 saturated heterocycles. The molecule has 2 rings (SSSR count). The summed E-state index contributed by atoms with van der Waals surface area (Å²) in [5.41, 5.74) is 1.18. The highest BCUT2D eigenvalue weighted by Gasteiger charge is 2.08. The predicted octanol–water partition coefficient (Wildman–Crippen LogP) is 3.85. The molecule has 0 bridgehead atoms. The summed E-state index contributed by atoms with van der Waals surface area (Å²) in [6.07, 6.45) is 3.76. The first kappa shape index (κ1) is 12.3. The van der Waals surface area contributed by atoms with Gasteiger partial charge in [0.05, 0.1) is 9.98 Å². The Hall–Kier alpha value is -0.170. The standard InChI is InChI=1S/C10H11Br2N3S/c1-6(7-3-14-15-4-7)13-5-8-2-9(11)10(12)16-8/h2-4,6,13H,5H2,1H3,(H,14,15). The molecular weight excluding hydrogens is 354 g/mol. The Morgan fingerprint density at radius 2 is 2.38 bits per heavy atom. The molecule has 2 N–H and O–H groups in total. The smallest absolute Gasteiger partial charge is 0.0843 e. The van der Waals surface area contributed by atoms with E-state index in [0.29, 0.717) is 6.04 Å². The molecule has 0 spiro atoms. The number of hydrogen-bond donors (Lipinski definition) is 2. The quantitative estimate of drug-likeness (QED) is 0.865. The minimum atomic E-state index is 0.304. The van der Waals surface area contributed by atoms with E-state index < -0.39 is 0 Å². The molecule has 1 atom stereocenters. The molecule has 16 heavy (non-hydrogen) atoms. The van der Waals surface area contributed by atoms with Crippen molar-refractivity contribution in [3.63, 3.8) is 0 Å². The summed E-state index contributed by atoms with van der Waals surface area (Å²) in [4.78, 5) is 1.30. The minimum Gasteiger partial charge on any atom is -0.305 e. The maximum atomic E-state index is 3.94. The van der Waals surface area contributed by atoms with Crippen LogP contribution in [0, 0.1) is 0 Å². The second-order valence-electron chi connectivity index (χ2n) is 3.47. The Bertz CT molecular complexity index is 433. The first-order chi connectivity index (χ1) is 7.66. The molecule has 0 aliphatic carbocycles. The molecule has 0 aliphatic rings. The summed E-state index contributed by atoms with van der Waals surface area (Å²) >= 11 is 8.71. The predicted molar refractivity (Wildman–Crippen MR) is 73.6 cm³/mol. The Balaban J connectivity index is 1.92. The molecule has 0 saturated carbocycles. The lowest BCUT2D eigenvalue weighted by atomic mass is 10.2. The number of thiophene rings is 1. The number of aromatic nitrogens is 2. The van der Waals surface area contributed by atoms with Crippen molar-refractivity contribution < 1.29 is 0 Å². The maximum absolute atomic E-state index is 3.94. The number of nitrogens with one attached hydrogen (secondary N) is 2. The summed E-state index contributed by atoms with van der Waals surface area (Å²) in [6, 6.07) is 2.43. The molecule has 2 heterocycles. The number of aromatic amines is 1. The van der Waals surface area contributed by atoms with Crippen LogP contribution >= 0.6 is 43.2 Å². The average Bonchev–Trinajstić information content (AvgIpc) is 2.86. The van der Waals surface area contributed by atoms with Gasteiger partial charge in [-0.2, -0.15) is 5.10 Å². The normalized spacial score (nSPS) is 12.9. The largest absolute Gasteiger partial charge is 0.305 e. The van der Waals surface area contributed by atoms with Gasteiger partial charge in [0.15, 0.2) is 0 Å². The zero-order valence-electron chi connectivity index (χ0n) is 8.63. The number of rotatable bonds is 4. The maximum Gasteiger partial charge on any atom is 0.0843 e. The lowest BCUT2D eigenvalue weighted by Gasteiger charge is -2.10. The van der Waals surface area contributed by atoms with Crippen molar-refractivity contribution in [2.75, 3.05) is 0 Å². The fraction of sp³-hybridized carbons (Fsp3) is 0.300. The molecule has 86 valence electrons. The van der Waals surface area contributed by atoms with Crippen LogP contribution in [0.1, 0.15) is 23.4 Å². The van der Waals surface area contributed by atoms with Crippen molar-refractivity contribution >= 4 is 43.2 Å². The average molecular weight is 365 g/mol. The summed E-state index contributed by atoms with van der Waals surface area (Å²) in [6.45, 7) is 2.99. The molecule has 6 heteroatoms. The lowest BCUT2D eigenvalue weighted by molar-refractivity contribution is 0.579. The first-order valence-electron chi connectivity index (χ1n) is 4.82. The third-order valence-electron chi connectivity index (χ3n) is 2.30. The van der Waals surface area contributed by atoms with Gasteiger partial charge in [0, 0.05) is 33.7 Å². The van der Waals surface area contributed by atoms with Gasteiger partial charge in [0.1, 0.15) is 0 Å². The summed E-state index contributed by atoms with van der Waals surface area (Å²) in [7, 11) is 0. The number of nitrogens with zero attached hydrogens (tertiary/aromatic N) is 1. The zero-order valence-corrected chi connectivity index (χ0v) is 12.6. The number of H-pyrrole nitrogens is 1. The van der Waals surface area contributed by atoms with E-state index in [1.165, 1.54) is 10.4 Å². The van der Waals surface area contributed by atoms with Crippen LogP contribution in [0.15, 0.2) is 26.7 Å². The second kappa shape index (κ2) is 5.44. The molecule has 2 aromatic rings. The number of hydrogen-bond acceptors (Lipinski definition) is 3. The summed E-state index contributed by atoms with van der Waals surface area (Å²) < 4.78 is 2.26. The SMILES string of the molecule is CC(NCc1cc(Br)c(Br)s1)c1cn[nH]c1. The van der Waals surface area contributed by atoms with Gasteiger partial charge in [-0.15, -0.1) is 11.3 Å². The van der Waals surface area contributed by atoms with Crippen LogP contribution in [0.2, 0.25) is 0 Å². The molecule has 0 radical (unpaired) electrons. The topological polar surface area (TPSA) is 40.7 Å². The van der Waals surface area contributed by atoms with E-state index in [1.54, 1.807) is 11.3 Å². The van der Waals surface area contributed by atoms with Crippen LogP contribution in [0.4, 0.5) is 0 Å². The monoisotopic (exact) mass is 363 g/mol. The second-order valence-corrected chi connectivity index (χ2v) is 6.78. The van der Waals surface area contributed by atoms with Crippen molar-refractivity contribution in [1.82, 2.24) is 15.5 Å². The van der Waals surface area contributed by atoms with Crippen LogP contribution in [-0.4, -0.2) is 10.2 Å². The molecule has 3 nitrogen and oxygen atoms in total. The van der Waals surface area contributed by atoms with Crippen LogP contribution in [-0.2, 0) is 6.54 Å².